The van der Waals surface area contributed by atoms with Crippen LogP contribution in [0.4, 0.5) is 0 Å². The number of nitrogens with zero attached hydrogens (tertiary/aromatic N) is 1. The summed E-state index contributed by atoms with van der Waals surface area (Å²) in [5.74, 6) is 0.583. The minimum atomic E-state index is -0.663. The standard InChI is InChI=1S/C11H11NO3/c1-7-4-10(15-8(7)2)5-9(6-12)11(13)14-3/h4-5H,1-3H3. The molecule has 0 spiro atoms. The summed E-state index contributed by atoms with van der Waals surface area (Å²) >= 11 is 0. The summed E-state index contributed by atoms with van der Waals surface area (Å²) in [6.07, 6.45) is 1.37. The van der Waals surface area contributed by atoms with Crippen LogP contribution in [-0.4, -0.2) is 13.1 Å². The molecule has 4 heteroatoms. The van der Waals surface area contributed by atoms with Crippen LogP contribution in [0.5, 0.6) is 0 Å². The Labute approximate surface area is 87.8 Å². The van der Waals surface area contributed by atoms with E-state index in [1.54, 1.807) is 12.1 Å². The molecule has 0 saturated carbocycles. The fourth-order valence-corrected chi connectivity index (χ4v) is 1.06. The number of esters is 1. The Kier molecular flexibility index (Phi) is 3.29. The largest absolute Gasteiger partial charge is 0.465 e. The molecule has 0 unspecified atom stereocenters. The van der Waals surface area contributed by atoms with Crippen LogP contribution in [0.1, 0.15) is 17.1 Å². The zero-order valence-corrected chi connectivity index (χ0v) is 8.83. The summed E-state index contributed by atoms with van der Waals surface area (Å²) in [4.78, 5) is 11.1. The Hall–Kier alpha value is -2.02. The second kappa shape index (κ2) is 4.47. The van der Waals surface area contributed by atoms with Gasteiger partial charge < -0.3 is 9.15 Å². The number of carbonyl (C=O) groups is 1. The van der Waals surface area contributed by atoms with E-state index >= 15 is 0 Å². The zero-order chi connectivity index (χ0) is 11.4. The lowest BCUT2D eigenvalue weighted by molar-refractivity contribution is -0.135. The van der Waals surface area contributed by atoms with E-state index in [4.69, 9.17) is 9.68 Å². The first-order valence-corrected chi connectivity index (χ1v) is 4.35. The Bertz CT molecular complexity index is 429. The number of hydrogen-bond donors (Lipinski definition) is 0. The summed E-state index contributed by atoms with van der Waals surface area (Å²) in [7, 11) is 1.23. The van der Waals surface area contributed by atoms with Gasteiger partial charge in [0.15, 0.2) is 0 Å². The van der Waals surface area contributed by atoms with Crippen molar-refractivity contribution in [3.63, 3.8) is 0 Å². The quantitative estimate of drug-likeness (QED) is 0.420. The van der Waals surface area contributed by atoms with Crippen LogP contribution in [0.3, 0.4) is 0 Å². The van der Waals surface area contributed by atoms with Gasteiger partial charge >= 0.3 is 5.97 Å². The maximum absolute atomic E-state index is 11.1. The van der Waals surface area contributed by atoms with E-state index in [1.165, 1.54) is 13.2 Å². The van der Waals surface area contributed by atoms with Gasteiger partial charge in [-0.25, -0.2) is 4.79 Å². The van der Waals surface area contributed by atoms with Crippen LogP contribution in [-0.2, 0) is 9.53 Å². The van der Waals surface area contributed by atoms with Gasteiger partial charge in [0, 0.05) is 6.08 Å². The number of nitriles is 1. The summed E-state index contributed by atoms with van der Waals surface area (Å²) in [5, 5.41) is 8.70. The average Bonchev–Trinajstić information content (AvgIpc) is 2.53. The predicted octanol–water partition coefficient (Wildman–Crippen LogP) is 1.98. The van der Waals surface area contributed by atoms with Crippen molar-refractivity contribution < 1.29 is 13.9 Å². The van der Waals surface area contributed by atoms with Crippen molar-refractivity contribution in [1.29, 1.82) is 5.26 Å². The minimum absolute atomic E-state index is 0.0775. The van der Waals surface area contributed by atoms with Crippen molar-refractivity contribution in [2.75, 3.05) is 7.11 Å². The van der Waals surface area contributed by atoms with Gasteiger partial charge in [-0.3, -0.25) is 0 Å². The second-order valence-electron chi connectivity index (χ2n) is 3.05. The maximum Gasteiger partial charge on any atom is 0.348 e. The monoisotopic (exact) mass is 205 g/mol. The fraction of sp³-hybridized carbons (Fsp3) is 0.273. The average molecular weight is 205 g/mol. The van der Waals surface area contributed by atoms with Crippen molar-refractivity contribution in [2.45, 2.75) is 13.8 Å². The molecule has 1 heterocycles. The molecule has 1 aromatic heterocycles. The molecule has 1 rings (SSSR count). The lowest BCUT2D eigenvalue weighted by Gasteiger charge is -1.93. The molecule has 0 radical (unpaired) electrons. The number of methoxy groups -OCH3 is 1. The highest BCUT2D eigenvalue weighted by molar-refractivity contribution is 5.97. The van der Waals surface area contributed by atoms with Crippen LogP contribution in [0.25, 0.3) is 6.08 Å². The third kappa shape index (κ3) is 2.47. The van der Waals surface area contributed by atoms with Crippen molar-refractivity contribution in [3.05, 3.63) is 28.7 Å². The highest BCUT2D eigenvalue weighted by atomic mass is 16.5. The smallest absolute Gasteiger partial charge is 0.348 e. The highest BCUT2D eigenvalue weighted by Gasteiger charge is 2.10. The van der Waals surface area contributed by atoms with Crippen molar-refractivity contribution >= 4 is 12.0 Å². The fourth-order valence-electron chi connectivity index (χ4n) is 1.06. The van der Waals surface area contributed by atoms with E-state index in [9.17, 15) is 4.79 Å². The van der Waals surface area contributed by atoms with Gasteiger partial charge in [0.1, 0.15) is 23.2 Å². The summed E-state index contributed by atoms with van der Waals surface area (Å²) < 4.78 is 9.75. The molecule has 4 nitrogen and oxygen atoms in total. The summed E-state index contributed by atoms with van der Waals surface area (Å²) in [5.41, 5.74) is 0.898. The molecule has 0 aromatic carbocycles. The highest BCUT2D eigenvalue weighted by Crippen LogP contribution is 2.16. The Morgan fingerprint density at radius 2 is 2.27 bits per heavy atom. The zero-order valence-electron chi connectivity index (χ0n) is 8.83. The van der Waals surface area contributed by atoms with E-state index in [-0.39, 0.29) is 5.57 Å². The van der Waals surface area contributed by atoms with Crippen molar-refractivity contribution in [1.82, 2.24) is 0 Å². The Morgan fingerprint density at radius 1 is 1.60 bits per heavy atom. The molecule has 0 aliphatic rings. The van der Waals surface area contributed by atoms with Crippen LogP contribution in [0.2, 0.25) is 0 Å². The lowest BCUT2D eigenvalue weighted by Crippen LogP contribution is -2.02. The van der Waals surface area contributed by atoms with E-state index in [2.05, 4.69) is 4.74 Å². The molecule has 0 aliphatic heterocycles. The number of rotatable bonds is 2. The van der Waals surface area contributed by atoms with Crippen LogP contribution in [0, 0.1) is 25.2 Å². The van der Waals surface area contributed by atoms with Gasteiger partial charge in [-0.05, 0) is 25.5 Å². The van der Waals surface area contributed by atoms with Crippen molar-refractivity contribution in [3.8, 4) is 6.07 Å². The normalized spacial score (nSPS) is 10.9. The molecule has 0 N–H and O–H groups in total. The van der Waals surface area contributed by atoms with Gasteiger partial charge in [0.05, 0.1) is 7.11 Å². The van der Waals surface area contributed by atoms with E-state index in [0.717, 1.165) is 11.3 Å². The Morgan fingerprint density at radius 3 is 2.67 bits per heavy atom. The molecule has 0 bridgehead atoms. The van der Waals surface area contributed by atoms with E-state index in [1.807, 2.05) is 13.8 Å². The number of carbonyl (C=O) groups excluding carboxylic acids is 1. The molecule has 0 amide bonds. The molecule has 15 heavy (non-hydrogen) atoms. The lowest BCUT2D eigenvalue weighted by atomic mass is 10.2. The molecule has 1 aromatic rings. The van der Waals surface area contributed by atoms with Gasteiger partial charge in [-0.15, -0.1) is 0 Å². The first-order chi connectivity index (χ1) is 7.08. The van der Waals surface area contributed by atoms with Crippen LogP contribution >= 0.6 is 0 Å². The van der Waals surface area contributed by atoms with E-state index in [0.29, 0.717) is 5.76 Å². The molecule has 0 saturated heterocycles. The first-order valence-electron chi connectivity index (χ1n) is 4.35. The molecule has 78 valence electrons. The SMILES string of the molecule is COC(=O)C(C#N)=Cc1cc(C)c(C)o1. The van der Waals surface area contributed by atoms with E-state index < -0.39 is 5.97 Å². The topological polar surface area (TPSA) is 63.2 Å². The third-order valence-electron chi connectivity index (χ3n) is 2.00. The number of hydrogen-bond acceptors (Lipinski definition) is 4. The molecular weight excluding hydrogens is 194 g/mol. The molecular formula is C11H11NO3. The van der Waals surface area contributed by atoms with Gasteiger partial charge in [0.2, 0.25) is 0 Å². The second-order valence-corrected chi connectivity index (χ2v) is 3.05. The molecule has 0 aliphatic carbocycles. The predicted molar refractivity (Wildman–Crippen MR) is 53.8 cm³/mol. The van der Waals surface area contributed by atoms with Gasteiger partial charge in [-0.1, -0.05) is 0 Å². The van der Waals surface area contributed by atoms with Gasteiger partial charge in [0.25, 0.3) is 0 Å². The molecule has 0 fully saturated rings. The summed E-state index contributed by atoms with van der Waals surface area (Å²) in [6, 6.07) is 3.52. The first kappa shape index (κ1) is 11.1. The maximum atomic E-state index is 11.1. The summed E-state index contributed by atoms with van der Waals surface area (Å²) in [6.45, 7) is 3.71. The van der Waals surface area contributed by atoms with Crippen LogP contribution in [0.15, 0.2) is 16.1 Å². The Balaban J connectivity index is 3.05. The number of furan rings is 1. The third-order valence-corrected chi connectivity index (χ3v) is 2.00. The molecule has 0 atom stereocenters. The van der Waals surface area contributed by atoms with Crippen LogP contribution < -0.4 is 0 Å². The number of ether oxygens (including phenoxy) is 1. The number of aryl methyl sites for hydroxylation is 2. The van der Waals surface area contributed by atoms with Crippen molar-refractivity contribution in [2.24, 2.45) is 0 Å². The minimum Gasteiger partial charge on any atom is -0.465 e. The van der Waals surface area contributed by atoms with Gasteiger partial charge in [-0.2, -0.15) is 5.26 Å².